The minimum Gasteiger partial charge on any atom is -0.492 e. The average molecular weight is 481 g/mol. The van der Waals surface area contributed by atoms with Gasteiger partial charge in [0.25, 0.3) is 0 Å². The predicted molar refractivity (Wildman–Crippen MR) is 111 cm³/mol. The van der Waals surface area contributed by atoms with E-state index in [0.717, 1.165) is 11.7 Å². The highest BCUT2D eigenvalue weighted by atomic mass is 127. The van der Waals surface area contributed by atoms with Crippen LogP contribution in [0.15, 0.2) is 41.5 Å². The number of halogens is 3. The van der Waals surface area contributed by atoms with Crippen molar-refractivity contribution < 1.29 is 9.13 Å². The summed E-state index contributed by atoms with van der Waals surface area (Å²) in [4.78, 5) is 6.25. The lowest BCUT2D eigenvalue weighted by atomic mass is 10.3. The fourth-order valence-corrected chi connectivity index (χ4v) is 2.59. The maximum Gasteiger partial charge on any atom is 0.193 e. The van der Waals surface area contributed by atoms with Gasteiger partial charge in [0.15, 0.2) is 5.96 Å². The number of hydrogen-bond donors (Lipinski definition) is 1. The van der Waals surface area contributed by atoms with Crippen molar-refractivity contribution in [3.8, 4) is 5.75 Å². The van der Waals surface area contributed by atoms with Crippen molar-refractivity contribution in [2.24, 2.45) is 12.0 Å². The molecule has 2 aromatic rings. The van der Waals surface area contributed by atoms with Gasteiger partial charge in [0.2, 0.25) is 0 Å². The molecule has 0 spiro atoms. The minimum atomic E-state index is -0.308. The number of nitrogens with zero attached hydrogens (tertiary/aromatic N) is 3. The third kappa shape index (κ3) is 6.74. The van der Waals surface area contributed by atoms with Crippen LogP contribution < -0.4 is 10.1 Å². The molecule has 25 heavy (non-hydrogen) atoms. The van der Waals surface area contributed by atoms with Crippen molar-refractivity contribution in [2.75, 3.05) is 27.2 Å². The maximum atomic E-state index is 13.1. The Morgan fingerprint density at radius 2 is 2.16 bits per heavy atom. The molecule has 0 atom stereocenters. The Kier molecular flexibility index (Phi) is 9.05. The van der Waals surface area contributed by atoms with E-state index in [-0.39, 0.29) is 29.8 Å². The molecule has 0 aliphatic heterocycles. The van der Waals surface area contributed by atoms with Crippen molar-refractivity contribution >= 4 is 41.5 Å². The fraction of sp³-hybridized carbons (Fsp3) is 0.353. The van der Waals surface area contributed by atoms with Crippen LogP contribution in [0, 0.1) is 5.82 Å². The molecule has 5 nitrogen and oxygen atoms in total. The van der Waals surface area contributed by atoms with Crippen molar-refractivity contribution in [1.29, 1.82) is 0 Å². The second kappa shape index (κ2) is 10.5. The third-order valence-corrected chi connectivity index (χ3v) is 3.70. The fourth-order valence-electron chi connectivity index (χ4n) is 2.31. The van der Waals surface area contributed by atoms with Gasteiger partial charge in [-0.3, -0.25) is 4.99 Å². The van der Waals surface area contributed by atoms with Crippen LogP contribution >= 0.6 is 35.6 Å². The standard InChI is InChI=1S/C17H22ClFN4O.HI/c1-20-17(23(3)12-15-9-13(18)11-22(15)2)21-7-8-24-16-6-4-5-14(19)10-16;/h4-6,9-11H,7-8,12H2,1-3H3,(H,20,21);1H. The average Bonchev–Trinajstić information content (AvgIpc) is 2.85. The topological polar surface area (TPSA) is 41.8 Å². The number of aromatic nitrogens is 1. The minimum absolute atomic E-state index is 0. The van der Waals surface area contributed by atoms with Gasteiger partial charge in [0.05, 0.1) is 18.1 Å². The Hall–Kier alpha value is -1.48. The molecule has 0 saturated heterocycles. The smallest absolute Gasteiger partial charge is 0.193 e. The summed E-state index contributed by atoms with van der Waals surface area (Å²) in [7, 11) is 5.63. The van der Waals surface area contributed by atoms with E-state index >= 15 is 0 Å². The summed E-state index contributed by atoms with van der Waals surface area (Å²) in [6.07, 6.45) is 1.87. The number of nitrogens with one attached hydrogen (secondary N) is 1. The number of rotatable bonds is 6. The first-order valence-electron chi connectivity index (χ1n) is 7.60. The molecule has 1 aromatic heterocycles. The first-order valence-corrected chi connectivity index (χ1v) is 7.98. The molecule has 0 fully saturated rings. The Morgan fingerprint density at radius 1 is 1.40 bits per heavy atom. The van der Waals surface area contributed by atoms with Gasteiger partial charge in [0, 0.05) is 39.1 Å². The molecule has 2 rings (SSSR count). The van der Waals surface area contributed by atoms with Gasteiger partial charge in [-0.1, -0.05) is 17.7 Å². The zero-order valence-corrected chi connectivity index (χ0v) is 17.6. The van der Waals surface area contributed by atoms with E-state index in [1.165, 1.54) is 12.1 Å². The SMILES string of the molecule is CN=C(NCCOc1cccc(F)c1)N(C)Cc1cc(Cl)cn1C.I. The lowest BCUT2D eigenvalue weighted by Gasteiger charge is -2.22. The zero-order chi connectivity index (χ0) is 17.5. The zero-order valence-electron chi connectivity index (χ0n) is 14.5. The highest BCUT2D eigenvalue weighted by Gasteiger charge is 2.09. The number of guanidine groups is 1. The summed E-state index contributed by atoms with van der Waals surface area (Å²) >= 11 is 6.01. The van der Waals surface area contributed by atoms with Crippen LogP contribution in [-0.4, -0.2) is 42.7 Å². The van der Waals surface area contributed by atoms with Gasteiger partial charge in [0.1, 0.15) is 18.2 Å². The van der Waals surface area contributed by atoms with Crippen LogP contribution in [0.25, 0.3) is 0 Å². The van der Waals surface area contributed by atoms with E-state index < -0.39 is 0 Å². The molecule has 8 heteroatoms. The monoisotopic (exact) mass is 480 g/mol. The molecule has 0 aliphatic rings. The molecule has 138 valence electrons. The molecule has 1 N–H and O–H groups in total. The molecular weight excluding hydrogens is 458 g/mol. The molecule has 1 heterocycles. The molecular formula is C17H23ClFIN4O. The summed E-state index contributed by atoms with van der Waals surface area (Å²) in [6.45, 7) is 1.64. The van der Waals surface area contributed by atoms with Gasteiger partial charge in [-0.15, -0.1) is 24.0 Å². The van der Waals surface area contributed by atoms with E-state index in [9.17, 15) is 4.39 Å². The van der Waals surface area contributed by atoms with E-state index in [0.29, 0.717) is 30.5 Å². The lowest BCUT2D eigenvalue weighted by molar-refractivity contribution is 0.317. The van der Waals surface area contributed by atoms with E-state index in [4.69, 9.17) is 16.3 Å². The predicted octanol–water partition coefficient (Wildman–Crippen LogP) is 3.52. The van der Waals surface area contributed by atoms with Crippen molar-refractivity contribution in [2.45, 2.75) is 6.54 Å². The highest BCUT2D eigenvalue weighted by molar-refractivity contribution is 14.0. The van der Waals surface area contributed by atoms with Gasteiger partial charge in [-0.2, -0.15) is 0 Å². The van der Waals surface area contributed by atoms with Crippen LogP contribution in [-0.2, 0) is 13.6 Å². The number of ether oxygens (including phenoxy) is 1. The number of benzene rings is 1. The van der Waals surface area contributed by atoms with Crippen molar-refractivity contribution in [1.82, 2.24) is 14.8 Å². The van der Waals surface area contributed by atoms with Gasteiger partial charge < -0.3 is 19.5 Å². The van der Waals surface area contributed by atoms with E-state index in [1.807, 2.05) is 35.8 Å². The van der Waals surface area contributed by atoms with E-state index in [2.05, 4.69) is 10.3 Å². The Balaban J connectivity index is 0.00000312. The normalized spacial score (nSPS) is 11.0. The maximum absolute atomic E-state index is 13.1. The Labute approximate surface area is 169 Å². The van der Waals surface area contributed by atoms with Crippen LogP contribution in [0.1, 0.15) is 5.69 Å². The van der Waals surface area contributed by atoms with Crippen LogP contribution in [0.3, 0.4) is 0 Å². The van der Waals surface area contributed by atoms with Gasteiger partial charge in [-0.25, -0.2) is 4.39 Å². The van der Waals surface area contributed by atoms with Crippen LogP contribution in [0.4, 0.5) is 4.39 Å². The number of aryl methyl sites for hydroxylation is 1. The molecule has 0 radical (unpaired) electrons. The summed E-state index contributed by atoms with van der Waals surface area (Å²) in [5.74, 6) is 0.950. The van der Waals surface area contributed by atoms with Gasteiger partial charge in [-0.05, 0) is 18.2 Å². The van der Waals surface area contributed by atoms with E-state index in [1.54, 1.807) is 19.2 Å². The second-order valence-corrected chi connectivity index (χ2v) is 5.83. The van der Waals surface area contributed by atoms with Crippen molar-refractivity contribution in [3.05, 3.63) is 53.1 Å². The first kappa shape index (κ1) is 21.6. The van der Waals surface area contributed by atoms with Crippen LogP contribution in [0.2, 0.25) is 5.02 Å². The lowest BCUT2D eigenvalue weighted by Crippen LogP contribution is -2.40. The number of hydrogen-bond acceptors (Lipinski definition) is 2. The Morgan fingerprint density at radius 3 is 2.76 bits per heavy atom. The van der Waals surface area contributed by atoms with Crippen LogP contribution in [0.5, 0.6) is 5.75 Å². The first-order chi connectivity index (χ1) is 11.5. The summed E-state index contributed by atoms with van der Waals surface area (Å²) < 4.78 is 20.6. The molecule has 0 aliphatic carbocycles. The second-order valence-electron chi connectivity index (χ2n) is 5.40. The summed E-state index contributed by atoms with van der Waals surface area (Å²) in [6, 6.07) is 8.02. The molecule has 0 amide bonds. The molecule has 1 aromatic carbocycles. The quantitative estimate of drug-likeness (QED) is 0.298. The Bertz CT molecular complexity index is 708. The van der Waals surface area contributed by atoms with Gasteiger partial charge >= 0.3 is 0 Å². The largest absolute Gasteiger partial charge is 0.492 e. The summed E-state index contributed by atoms with van der Waals surface area (Å²) in [5, 5.41) is 3.93. The summed E-state index contributed by atoms with van der Waals surface area (Å²) in [5.41, 5.74) is 1.08. The highest BCUT2D eigenvalue weighted by Crippen LogP contribution is 2.14. The number of aliphatic imine (C=N–C) groups is 1. The third-order valence-electron chi connectivity index (χ3n) is 3.50. The molecule has 0 saturated carbocycles. The molecule has 0 unspecified atom stereocenters. The molecule has 0 bridgehead atoms. The van der Waals surface area contributed by atoms with Crippen molar-refractivity contribution in [3.63, 3.8) is 0 Å².